The standard InChI is InChI=1S/C17H20N4O3/c1-12-8-13(21-11-18-10-19-21)4-5-14(12)15(22)20-7-3-6-17(2,9-20)16(23)24/h4-5,8,10-11H,3,6-7,9H2,1-2H3,(H,23,24). The lowest BCUT2D eigenvalue weighted by molar-refractivity contribution is -0.150. The Bertz CT molecular complexity index is 772. The molecule has 1 aromatic heterocycles. The lowest BCUT2D eigenvalue weighted by Crippen LogP contribution is -2.48. The van der Waals surface area contributed by atoms with Crippen LogP contribution in [0.4, 0.5) is 0 Å². The van der Waals surface area contributed by atoms with E-state index in [1.807, 2.05) is 19.1 Å². The molecule has 1 aromatic carbocycles. The number of likely N-dealkylation sites (tertiary alicyclic amines) is 1. The molecule has 7 nitrogen and oxygen atoms in total. The monoisotopic (exact) mass is 328 g/mol. The van der Waals surface area contributed by atoms with Crippen molar-refractivity contribution in [3.05, 3.63) is 42.0 Å². The number of carboxylic acids is 1. The van der Waals surface area contributed by atoms with Gasteiger partial charge >= 0.3 is 5.97 Å². The van der Waals surface area contributed by atoms with E-state index >= 15 is 0 Å². The van der Waals surface area contributed by atoms with E-state index in [-0.39, 0.29) is 12.5 Å². The molecule has 1 atom stereocenters. The summed E-state index contributed by atoms with van der Waals surface area (Å²) in [5, 5.41) is 13.5. The zero-order valence-electron chi connectivity index (χ0n) is 13.8. The van der Waals surface area contributed by atoms with Gasteiger partial charge in [0.2, 0.25) is 0 Å². The number of hydrogen-bond donors (Lipinski definition) is 1. The molecule has 7 heteroatoms. The maximum Gasteiger partial charge on any atom is 0.311 e. The highest BCUT2D eigenvalue weighted by molar-refractivity contribution is 5.96. The molecule has 3 rings (SSSR count). The van der Waals surface area contributed by atoms with Crippen molar-refractivity contribution in [1.82, 2.24) is 19.7 Å². The third kappa shape index (κ3) is 2.89. The first-order chi connectivity index (χ1) is 11.4. The van der Waals surface area contributed by atoms with Crippen LogP contribution in [0.3, 0.4) is 0 Å². The second kappa shape index (κ2) is 6.07. The van der Waals surface area contributed by atoms with Crippen molar-refractivity contribution in [3.8, 4) is 5.69 Å². The molecule has 1 aliphatic heterocycles. The van der Waals surface area contributed by atoms with Gasteiger partial charge in [0.1, 0.15) is 12.7 Å². The quantitative estimate of drug-likeness (QED) is 0.929. The number of carboxylic acid groups (broad SMARTS) is 1. The first-order valence-corrected chi connectivity index (χ1v) is 7.89. The van der Waals surface area contributed by atoms with E-state index in [0.29, 0.717) is 24.9 Å². The molecule has 1 aliphatic rings. The van der Waals surface area contributed by atoms with E-state index in [0.717, 1.165) is 11.3 Å². The molecule has 0 spiro atoms. The molecule has 1 N–H and O–H groups in total. The summed E-state index contributed by atoms with van der Waals surface area (Å²) in [4.78, 5) is 29.9. The average Bonchev–Trinajstić information content (AvgIpc) is 3.08. The molecule has 0 bridgehead atoms. The van der Waals surface area contributed by atoms with E-state index in [4.69, 9.17) is 0 Å². The first-order valence-electron chi connectivity index (χ1n) is 7.89. The third-order valence-corrected chi connectivity index (χ3v) is 4.62. The minimum Gasteiger partial charge on any atom is -0.481 e. The van der Waals surface area contributed by atoms with E-state index in [9.17, 15) is 14.7 Å². The molecule has 1 saturated heterocycles. The number of aliphatic carboxylic acids is 1. The Morgan fingerprint density at radius 3 is 2.75 bits per heavy atom. The summed E-state index contributed by atoms with van der Waals surface area (Å²) < 4.78 is 1.63. The molecule has 0 saturated carbocycles. The second-order valence-corrected chi connectivity index (χ2v) is 6.54. The van der Waals surface area contributed by atoms with Crippen LogP contribution in [0.1, 0.15) is 35.7 Å². The predicted molar refractivity (Wildman–Crippen MR) is 87.0 cm³/mol. The summed E-state index contributed by atoms with van der Waals surface area (Å²) in [6.45, 7) is 4.40. The highest BCUT2D eigenvalue weighted by Crippen LogP contribution is 2.31. The summed E-state index contributed by atoms with van der Waals surface area (Å²) >= 11 is 0. The fourth-order valence-corrected chi connectivity index (χ4v) is 3.13. The van der Waals surface area contributed by atoms with Gasteiger partial charge < -0.3 is 10.0 Å². The zero-order chi connectivity index (χ0) is 17.3. The van der Waals surface area contributed by atoms with Crippen molar-refractivity contribution in [2.75, 3.05) is 13.1 Å². The molecule has 1 unspecified atom stereocenters. The maximum absolute atomic E-state index is 12.8. The average molecular weight is 328 g/mol. The Morgan fingerprint density at radius 2 is 2.12 bits per heavy atom. The van der Waals surface area contributed by atoms with Crippen LogP contribution in [0.25, 0.3) is 5.69 Å². The highest BCUT2D eigenvalue weighted by atomic mass is 16.4. The summed E-state index contributed by atoms with van der Waals surface area (Å²) in [6.07, 6.45) is 4.34. The molecule has 0 radical (unpaired) electrons. The molecule has 2 aromatic rings. The molecular formula is C17H20N4O3. The molecular weight excluding hydrogens is 308 g/mol. The number of carbonyl (C=O) groups is 2. The van der Waals surface area contributed by atoms with Gasteiger partial charge in [-0.3, -0.25) is 9.59 Å². The van der Waals surface area contributed by atoms with Gasteiger partial charge in [0.25, 0.3) is 5.91 Å². The Labute approximate surface area is 139 Å². The van der Waals surface area contributed by atoms with Gasteiger partial charge in [-0.15, -0.1) is 0 Å². The predicted octanol–water partition coefficient (Wildman–Crippen LogP) is 1.90. The number of aromatic nitrogens is 3. The van der Waals surface area contributed by atoms with Gasteiger partial charge in [-0.25, -0.2) is 9.67 Å². The smallest absolute Gasteiger partial charge is 0.311 e. The summed E-state index contributed by atoms with van der Waals surface area (Å²) in [6, 6.07) is 5.46. The van der Waals surface area contributed by atoms with Gasteiger partial charge in [0.05, 0.1) is 11.1 Å². The number of amides is 1. The van der Waals surface area contributed by atoms with Crippen molar-refractivity contribution in [1.29, 1.82) is 0 Å². The summed E-state index contributed by atoms with van der Waals surface area (Å²) in [7, 11) is 0. The van der Waals surface area contributed by atoms with Crippen molar-refractivity contribution in [2.24, 2.45) is 5.41 Å². The first kappa shape index (κ1) is 16.2. The SMILES string of the molecule is Cc1cc(-n2cncn2)ccc1C(=O)N1CCCC(C)(C(=O)O)C1. The Morgan fingerprint density at radius 1 is 1.33 bits per heavy atom. The normalized spacial score (nSPS) is 20.8. The maximum atomic E-state index is 12.8. The van der Waals surface area contributed by atoms with E-state index < -0.39 is 11.4 Å². The minimum absolute atomic E-state index is 0.121. The van der Waals surface area contributed by atoms with Gasteiger partial charge in [-0.1, -0.05) is 0 Å². The van der Waals surface area contributed by atoms with Gasteiger partial charge in [0, 0.05) is 18.7 Å². The van der Waals surface area contributed by atoms with Crippen LogP contribution < -0.4 is 0 Å². The molecule has 126 valence electrons. The molecule has 1 amide bonds. The molecule has 1 fully saturated rings. The van der Waals surface area contributed by atoms with E-state index in [2.05, 4.69) is 10.1 Å². The van der Waals surface area contributed by atoms with Crippen LogP contribution in [0.5, 0.6) is 0 Å². The van der Waals surface area contributed by atoms with Crippen molar-refractivity contribution in [2.45, 2.75) is 26.7 Å². The van der Waals surface area contributed by atoms with Crippen molar-refractivity contribution < 1.29 is 14.7 Å². The van der Waals surface area contributed by atoms with Crippen molar-refractivity contribution >= 4 is 11.9 Å². The number of hydrogen-bond acceptors (Lipinski definition) is 4. The third-order valence-electron chi connectivity index (χ3n) is 4.62. The highest BCUT2D eigenvalue weighted by Gasteiger charge is 2.39. The van der Waals surface area contributed by atoms with Crippen LogP contribution in [0.15, 0.2) is 30.9 Å². The van der Waals surface area contributed by atoms with Gasteiger partial charge in [-0.05, 0) is 50.5 Å². The fourth-order valence-electron chi connectivity index (χ4n) is 3.13. The summed E-state index contributed by atoms with van der Waals surface area (Å²) in [5.41, 5.74) is 1.38. The van der Waals surface area contributed by atoms with Gasteiger partial charge in [-0.2, -0.15) is 5.10 Å². The number of benzene rings is 1. The van der Waals surface area contributed by atoms with Crippen molar-refractivity contribution in [3.63, 3.8) is 0 Å². The second-order valence-electron chi connectivity index (χ2n) is 6.54. The Balaban J connectivity index is 1.84. The van der Waals surface area contributed by atoms with Crippen LogP contribution >= 0.6 is 0 Å². The minimum atomic E-state index is -0.873. The summed E-state index contributed by atoms with van der Waals surface area (Å²) in [5.74, 6) is -0.969. The number of rotatable bonds is 3. The Kier molecular flexibility index (Phi) is 4.09. The number of aryl methyl sites for hydroxylation is 1. The van der Waals surface area contributed by atoms with Crippen LogP contribution in [0, 0.1) is 12.3 Å². The number of piperidine rings is 1. The van der Waals surface area contributed by atoms with Crippen LogP contribution in [-0.4, -0.2) is 49.7 Å². The molecule has 2 heterocycles. The lowest BCUT2D eigenvalue weighted by atomic mass is 9.82. The topological polar surface area (TPSA) is 88.3 Å². The van der Waals surface area contributed by atoms with Crippen LogP contribution in [-0.2, 0) is 4.79 Å². The van der Waals surface area contributed by atoms with E-state index in [1.165, 1.54) is 6.33 Å². The van der Waals surface area contributed by atoms with Gasteiger partial charge in [0.15, 0.2) is 0 Å². The lowest BCUT2D eigenvalue weighted by Gasteiger charge is -2.37. The molecule has 0 aliphatic carbocycles. The molecule has 24 heavy (non-hydrogen) atoms. The zero-order valence-corrected chi connectivity index (χ0v) is 13.8. The number of carbonyl (C=O) groups excluding carboxylic acids is 1. The Hall–Kier alpha value is -2.70. The fraction of sp³-hybridized carbons (Fsp3) is 0.412. The van der Waals surface area contributed by atoms with E-state index in [1.54, 1.807) is 28.9 Å². The van der Waals surface area contributed by atoms with Crippen LogP contribution in [0.2, 0.25) is 0 Å². The number of nitrogens with zero attached hydrogens (tertiary/aromatic N) is 4. The largest absolute Gasteiger partial charge is 0.481 e.